The van der Waals surface area contributed by atoms with Gasteiger partial charge in [-0.1, -0.05) is 13.0 Å². The minimum Gasteiger partial charge on any atom is -0.390 e. The van der Waals surface area contributed by atoms with E-state index in [4.69, 9.17) is 0 Å². The molecule has 2 rings (SSSR count). The van der Waals surface area contributed by atoms with E-state index >= 15 is 0 Å². The summed E-state index contributed by atoms with van der Waals surface area (Å²) < 4.78 is 26.1. The number of hydrogen-bond donors (Lipinski definition) is 1. The smallest absolute Gasteiger partial charge is 0.129 e. The van der Waals surface area contributed by atoms with Crippen LogP contribution in [0.5, 0.6) is 0 Å². The third kappa shape index (κ3) is 2.40. The second kappa shape index (κ2) is 4.13. The predicted molar refractivity (Wildman–Crippen MR) is 58.0 cm³/mol. The van der Waals surface area contributed by atoms with Crippen molar-refractivity contribution in [2.75, 3.05) is 0 Å². The Labute approximate surface area is 94.1 Å². The fraction of sp³-hybridized carbons (Fsp3) is 0.538. The molecule has 1 aliphatic rings. The molecule has 1 aromatic rings. The lowest BCUT2D eigenvalue weighted by atomic mass is 9.92. The molecule has 0 amide bonds. The topological polar surface area (TPSA) is 20.2 Å². The Hall–Kier alpha value is -0.960. The van der Waals surface area contributed by atoms with Gasteiger partial charge >= 0.3 is 0 Å². The van der Waals surface area contributed by atoms with Crippen molar-refractivity contribution < 1.29 is 13.9 Å². The van der Waals surface area contributed by atoms with Crippen molar-refractivity contribution in [3.63, 3.8) is 0 Å². The molecular weight excluding hydrogens is 210 g/mol. The van der Waals surface area contributed by atoms with Crippen LogP contribution in [0.3, 0.4) is 0 Å². The molecule has 1 fully saturated rings. The summed E-state index contributed by atoms with van der Waals surface area (Å²) in [7, 11) is 0. The lowest BCUT2D eigenvalue weighted by Crippen LogP contribution is -2.28. The van der Waals surface area contributed by atoms with E-state index in [0.29, 0.717) is 24.3 Å². The van der Waals surface area contributed by atoms with E-state index in [2.05, 4.69) is 6.92 Å². The zero-order valence-corrected chi connectivity index (χ0v) is 9.34. The second-order valence-corrected chi connectivity index (χ2v) is 4.98. The summed E-state index contributed by atoms with van der Waals surface area (Å²) in [5, 5.41) is 10.2. The highest BCUT2D eigenvalue weighted by Crippen LogP contribution is 2.36. The molecule has 1 aromatic carbocycles. The zero-order chi connectivity index (χ0) is 11.8. The van der Waals surface area contributed by atoms with Crippen LogP contribution in [0.4, 0.5) is 8.78 Å². The van der Waals surface area contributed by atoms with Crippen LogP contribution in [0.1, 0.15) is 31.7 Å². The maximum absolute atomic E-state index is 13.4. The van der Waals surface area contributed by atoms with Gasteiger partial charge in [0.1, 0.15) is 11.6 Å². The van der Waals surface area contributed by atoms with Gasteiger partial charge in [-0.25, -0.2) is 8.78 Å². The van der Waals surface area contributed by atoms with Crippen molar-refractivity contribution in [3.05, 3.63) is 35.4 Å². The van der Waals surface area contributed by atoms with Crippen LogP contribution < -0.4 is 0 Å². The standard InChI is InChI=1S/C13H16F2O/c1-9-4-5-13(16,7-9)8-10-2-3-11(14)6-12(10)15/h2-3,6,9,16H,4-5,7-8H2,1H3. The van der Waals surface area contributed by atoms with E-state index in [9.17, 15) is 13.9 Å². The van der Waals surface area contributed by atoms with Crippen molar-refractivity contribution in [3.8, 4) is 0 Å². The molecule has 0 aliphatic heterocycles. The maximum Gasteiger partial charge on any atom is 0.129 e. The molecule has 0 saturated heterocycles. The molecule has 1 nitrogen and oxygen atoms in total. The Kier molecular flexibility index (Phi) is 2.98. The first-order chi connectivity index (χ1) is 7.48. The SMILES string of the molecule is CC1CCC(O)(Cc2ccc(F)cc2F)C1. The van der Waals surface area contributed by atoms with E-state index < -0.39 is 17.2 Å². The van der Waals surface area contributed by atoms with Crippen LogP contribution in [0.25, 0.3) is 0 Å². The zero-order valence-electron chi connectivity index (χ0n) is 9.34. The lowest BCUT2D eigenvalue weighted by molar-refractivity contribution is 0.0437. The first kappa shape index (κ1) is 11.5. The molecule has 16 heavy (non-hydrogen) atoms. The predicted octanol–water partition coefficient (Wildman–Crippen LogP) is 3.06. The summed E-state index contributed by atoms with van der Waals surface area (Å²) in [4.78, 5) is 0. The van der Waals surface area contributed by atoms with Crippen molar-refractivity contribution >= 4 is 0 Å². The Balaban J connectivity index is 2.14. The molecule has 1 N–H and O–H groups in total. The molecule has 0 aromatic heterocycles. The van der Waals surface area contributed by atoms with E-state index in [1.807, 2.05) is 0 Å². The Bertz CT molecular complexity index is 392. The average Bonchev–Trinajstić information content (AvgIpc) is 2.52. The van der Waals surface area contributed by atoms with E-state index in [-0.39, 0.29) is 6.42 Å². The normalized spacial score (nSPS) is 29.6. The minimum absolute atomic E-state index is 0.281. The Morgan fingerprint density at radius 1 is 1.44 bits per heavy atom. The van der Waals surface area contributed by atoms with Crippen LogP contribution in [0.2, 0.25) is 0 Å². The highest BCUT2D eigenvalue weighted by Gasteiger charge is 2.35. The highest BCUT2D eigenvalue weighted by atomic mass is 19.1. The molecule has 0 heterocycles. The van der Waals surface area contributed by atoms with Gasteiger partial charge < -0.3 is 5.11 Å². The number of aliphatic hydroxyl groups is 1. The quantitative estimate of drug-likeness (QED) is 0.821. The monoisotopic (exact) mass is 226 g/mol. The second-order valence-electron chi connectivity index (χ2n) is 4.98. The summed E-state index contributed by atoms with van der Waals surface area (Å²) in [5.74, 6) is -0.658. The van der Waals surface area contributed by atoms with Gasteiger partial charge in [-0.2, -0.15) is 0 Å². The summed E-state index contributed by atoms with van der Waals surface area (Å²) in [6.07, 6.45) is 2.65. The first-order valence-corrected chi connectivity index (χ1v) is 5.65. The first-order valence-electron chi connectivity index (χ1n) is 5.65. The van der Waals surface area contributed by atoms with Gasteiger partial charge in [0.2, 0.25) is 0 Å². The Morgan fingerprint density at radius 3 is 2.75 bits per heavy atom. The van der Waals surface area contributed by atoms with Crippen LogP contribution in [0.15, 0.2) is 18.2 Å². The van der Waals surface area contributed by atoms with Crippen molar-refractivity contribution in [2.45, 2.75) is 38.2 Å². The largest absolute Gasteiger partial charge is 0.390 e. The summed E-state index contributed by atoms with van der Waals surface area (Å²) >= 11 is 0. The lowest BCUT2D eigenvalue weighted by Gasteiger charge is -2.22. The molecule has 1 aliphatic carbocycles. The van der Waals surface area contributed by atoms with Crippen LogP contribution in [0, 0.1) is 17.6 Å². The molecule has 0 radical (unpaired) electrons. The van der Waals surface area contributed by atoms with Gasteiger partial charge in [-0.3, -0.25) is 0 Å². The fourth-order valence-corrected chi connectivity index (χ4v) is 2.55. The van der Waals surface area contributed by atoms with Crippen LogP contribution in [-0.2, 0) is 6.42 Å². The van der Waals surface area contributed by atoms with Crippen LogP contribution >= 0.6 is 0 Å². The highest BCUT2D eigenvalue weighted by molar-refractivity contribution is 5.21. The molecule has 2 atom stereocenters. The van der Waals surface area contributed by atoms with Gasteiger partial charge in [-0.05, 0) is 36.8 Å². The molecular formula is C13H16F2O. The number of rotatable bonds is 2. The molecule has 2 unspecified atom stereocenters. The van der Waals surface area contributed by atoms with E-state index in [1.165, 1.54) is 12.1 Å². The van der Waals surface area contributed by atoms with Gasteiger partial charge in [0.05, 0.1) is 5.60 Å². The van der Waals surface area contributed by atoms with E-state index in [0.717, 1.165) is 12.5 Å². The number of hydrogen-bond acceptors (Lipinski definition) is 1. The molecule has 0 spiro atoms. The van der Waals surface area contributed by atoms with E-state index in [1.54, 1.807) is 0 Å². The van der Waals surface area contributed by atoms with Gasteiger partial charge in [-0.15, -0.1) is 0 Å². The summed E-state index contributed by atoms with van der Waals surface area (Å²) in [6, 6.07) is 3.53. The van der Waals surface area contributed by atoms with Crippen LogP contribution in [-0.4, -0.2) is 10.7 Å². The molecule has 3 heteroatoms. The van der Waals surface area contributed by atoms with Gasteiger partial charge in [0.25, 0.3) is 0 Å². The minimum atomic E-state index is -0.807. The average molecular weight is 226 g/mol. The molecule has 1 saturated carbocycles. The maximum atomic E-state index is 13.4. The van der Waals surface area contributed by atoms with Crippen molar-refractivity contribution in [1.82, 2.24) is 0 Å². The number of halogens is 2. The van der Waals surface area contributed by atoms with Crippen molar-refractivity contribution in [2.24, 2.45) is 5.92 Å². The third-order valence-corrected chi connectivity index (χ3v) is 3.37. The fourth-order valence-electron chi connectivity index (χ4n) is 2.55. The van der Waals surface area contributed by atoms with Gasteiger partial charge in [0, 0.05) is 12.5 Å². The third-order valence-electron chi connectivity index (χ3n) is 3.37. The Morgan fingerprint density at radius 2 is 2.19 bits per heavy atom. The number of benzene rings is 1. The molecule has 0 bridgehead atoms. The van der Waals surface area contributed by atoms with Crippen molar-refractivity contribution in [1.29, 1.82) is 0 Å². The molecule has 88 valence electrons. The summed E-state index contributed by atoms with van der Waals surface area (Å²) in [5.41, 5.74) is -0.407. The van der Waals surface area contributed by atoms with Gasteiger partial charge in [0.15, 0.2) is 0 Å². The summed E-state index contributed by atoms with van der Waals surface area (Å²) in [6.45, 7) is 2.08.